The quantitative estimate of drug-likeness (QED) is 0.653. The van der Waals surface area contributed by atoms with E-state index in [0.717, 1.165) is 50.9 Å². The van der Waals surface area contributed by atoms with E-state index in [0.29, 0.717) is 11.6 Å². The van der Waals surface area contributed by atoms with Crippen molar-refractivity contribution in [3.63, 3.8) is 0 Å². The number of aliphatic hydroxyl groups is 1. The fourth-order valence-corrected chi connectivity index (χ4v) is 7.93. The summed E-state index contributed by atoms with van der Waals surface area (Å²) in [5, 5.41) is 15.3. The Bertz CT molecular complexity index is 901. The second-order valence-corrected chi connectivity index (χ2v) is 13.4. The third-order valence-electron chi connectivity index (χ3n) is 8.31. The molecule has 2 N–H and O–H groups in total. The molecule has 4 rings (SSSR count). The van der Waals surface area contributed by atoms with E-state index < -0.39 is 6.10 Å². The van der Waals surface area contributed by atoms with Gasteiger partial charge in [-0.15, -0.1) is 11.3 Å². The number of fused-ring (bicyclic) bond motifs is 2. The molecule has 1 aromatic rings. The lowest BCUT2D eigenvalue weighted by Crippen LogP contribution is -2.53. The Balaban J connectivity index is 1.52. The summed E-state index contributed by atoms with van der Waals surface area (Å²) >= 11 is 1.59. The maximum atomic E-state index is 13.1. The Hall–Kier alpha value is -1.47. The molecule has 2 fully saturated rings. The van der Waals surface area contributed by atoms with Crippen LogP contribution in [0.3, 0.4) is 0 Å². The molecule has 2 aliphatic carbocycles. The predicted octanol–water partition coefficient (Wildman–Crippen LogP) is 4.83. The Morgan fingerprint density at radius 3 is 2.61 bits per heavy atom. The van der Waals surface area contributed by atoms with Gasteiger partial charge in [0, 0.05) is 36.2 Å². The number of nitrogens with zero attached hydrogens (tertiary/aromatic N) is 2. The molecule has 2 heterocycles. The second-order valence-electron chi connectivity index (χ2n) is 12.3. The zero-order valence-electron chi connectivity index (χ0n) is 21.1. The van der Waals surface area contributed by atoms with Gasteiger partial charge in [0.15, 0.2) is 5.13 Å². The van der Waals surface area contributed by atoms with Crippen LogP contribution in [0.4, 0.5) is 5.13 Å². The normalized spacial score (nSPS) is 32.8. The molecule has 1 aliphatic heterocycles. The lowest BCUT2D eigenvalue weighted by Gasteiger charge is -2.53. The molecule has 7 heteroatoms. The maximum absolute atomic E-state index is 13.1. The fourth-order valence-electron chi connectivity index (χ4n) is 6.65. The molecule has 6 atom stereocenters. The highest BCUT2D eigenvalue weighted by Gasteiger charge is 2.54. The summed E-state index contributed by atoms with van der Waals surface area (Å²) in [6.07, 6.45) is 4.87. The van der Waals surface area contributed by atoms with Crippen molar-refractivity contribution < 1.29 is 14.7 Å². The van der Waals surface area contributed by atoms with Crippen molar-refractivity contribution in [1.82, 2.24) is 9.88 Å². The van der Waals surface area contributed by atoms with Crippen LogP contribution in [0, 0.1) is 28.6 Å². The Labute approximate surface area is 202 Å². The van der Waals surface area contributed by atoms with Gasteiger partial charge in [0.1, 0.15) is 0 Å². The van der Waals surface area contributed by atoms with Gasteiger partial charge in [0.05, 0.1) is 11.8 Å². The van der Waals surface area contributed by atoms with Crippen LogP contribution in [0.5, 0.6) is 0 Å². The Morgan fingerprint density at radius 1 is 1.30 bits per heavy atom. The van der Waals surface area contributed by atoms with Gasteiger partial charge >= 0.3 is 0 Å². The lowest BCUT2D eigenvalue weighted by atomic mass is 9.53. The zero-order chi connectivity index (χ0) is 24.1. The number of nitrogens with one attached hydrogen (secondary N) is 1. The van der Waals surface area contributed by atoms with Crippen molar-refractivity contribution in [2.45, 2.75) is 92.1 Å². The number of anilines is 1. The minimum absolute atomic E-state index is 0.000716. The van der Waals surface area contributed by atoms with Gasteiger partial charge in [-0.2, -0.15) is 0 Å². The summed E-state index contributed by atoms with van der Waals surface area (Å²) in [5.74, 6) is 0.206. The number of aromatic nitrogens is 1. The van der Waals surface area contributed by atoms with E-state index in [9.17, 15) is 14.7 Å². The van der Waals surface area contributed by atoms with Gasteiger partial charge in [-0.05, 0) is 54.8 Å². The number of amides is 2. The molecule has 0 bridgehead atoms. The van der Waals surface area contributed by atoms with Gasteiger partial charge in [0.2, 0.25) is 11.8 Å². The summed E-state index contributed by atoms with van der Waals surface area (Å²) in [6.45, 7) is 14.4. The lowest BCUT2D eigenvalue weighted by molar-refractivity contribution is -0.143. The highest BCUT2D eigenvalue weighted by atomic mass is 32.1. The molecule has 1 saturated heterocycles. The molecule has 0 aromatic carbocycles. The van der Waals surface area contributed by atoms with E-state index in [4.69, 9.17) is 4.98 Å². The van der Waals surface area contributed by atoms with E-state index >= 15 is 0 Å². The first-order valence-corrected chi connectivity index (χ1v) is 13.5. The van der Waals surface area contributed by atoms with Crippen LogP contribution >= 0.6 is 11.3 Å². The summed E-state index contributed by atoms with van der Waals surface area (Å²) < 4.78 is 0. The summed E-state index contributed by atoms with van der Waals surface area (Å²) in [6, 6.07) is 0. The van der Waals surface area contributed by atoms with Crippen LogP contribution < -0.4 is 5.32 Å². The van der Waals surface area contributed by atoms with Crippen LogP contribution in [0.25, 0.3) is 0 Å². The molecule has 1 saturated carbocycles. The minimum atomic E-state index is -0.519. The van der Waals surface area contributed by atoms with Crippen molar-refractivity contribution in [2.24, 2.45) is 28.6 Å². The maximum Gasteiger partial charge on any atom is 0.226 e. The second kappa shape index (κ2) is 8.95. The number of rotatable bonds is 4. The van der Waals surface area contributed by atoms with Crippen molar-refractivity contribution in [1.29, 1.82) is 0 Å². The number of carbonyl (C=O) groups is 2. The van der Waals surface area contributed by atoms with Crippen LogP contribution in [0.2, 0.25) is 0 Å². The monoisotopic (exact) mass is 475 g/mol. The van der Waals surface area contributed by atoms with E-state index in [1.807, 2.05) is 11.8 Å². The number of thiazole rings is 1. The molecule has 0 spiro atoms. The third kappa shape index (κ3) is 4.86. The predicted molar refractivity (Wildman–Crippen MR) is 132 cm³/mol. The van der Waals surface area contributed by atoms with E-state index in [1.165, 1.54) is 4.88 Å². The van der Waals surface area contributed by atoms with Gasteiger partial charge in [-0.25, -0.2) is 4.98 Å². The number of likely N-dealkylation sites (tertiary alicyclic amines) is 1. The first kappa shape index (κ1) is 24.6. The SMILES string of the molecule is C[C@H](C(=O)N1CCCC1)[C@H]1CC[C@]2(C)Cc3sc(NC(=O)CC(C)(C)C)nc3[C@@H](C)[C@@H]2[C@H]1O. The first-order valence-electron chi connectivity index (χ1n) is 12.7. The van der Waals surface area contributed by atoms with Gasteiger partial charge in [-0.3, -0.25) is 9.59 Å². The smallest absolute Gasteiger partial charge is 0.226 e. The van der Waals surface area contributed by atoms with Crippen molar-refractivity contribution in [3.05, 3.63) is 10.6 Å². The summed E-state index contributed by atoms with van der Waals surface area (Å²) in [4.78, 5) is 33.6. The van der Waals surface area contributed by atoms with Crippen molar-refractivity contribution >= 4 is 28.3 Å². The van der Waals surface area contributed by atoms with E-state index in [1.54, 1.807) is 11.3 Å². The number of hydrogen-bond acceptors (Lipinski definition) is 5. The average molecular weight is 476 g/mol. The minimum Gasteiger partial charge on any atom is -0.392 e. The van der Waals surface area contributed by atoms with Crippen LogP contribution in [-0.2, 0) is 16.0 Å². The summed E-state index contributed by atoms with van der Waals surface area (Å²) in [5.41, 5.74) is 0.934. The number of carbonyl (C=O) groups excluding carboxylic acids is 2. The molecule has 0 unspecified atom stereocenters. The van der Waals surface area contributed by atoms with Crippen LogP contribution in [0.1, 0.15) is 90.1 Å². The standard InChI is InChI=1S/C26H41N3O3S/c1-15(23(32)29-11-7-8-12-29)17-9-10-26(6)13-18-21(16(2)20(26)22(17)31)28-24(33-18)27-19(30)14-25(3,4)5/h15-17,20,22,31H,7-14H2,1-6H3,(H,27,28,30)/t15-,16-,17+,20+,22-,26+/m0/s1. The van der Waals surface area contributed by atoms with Gasteiger partial charge in [0.25, 0.3) is 0 Å². The molecular weight excluding hydrogens is 434 g/mol. The van der Waals surface area contributed by atoms with E-state index in [-0.39, 0.29) is 46.3 Å². The highest BCUT2D eigenvalue weighted by molar-refractivity contribution is 7.15. The first-order chi connectivity index (χ1) is 15.4. The average Bonchev–Trinajstić information content (AvgIpc) is 3.35. The molecule has 2 amide bonds. The third-order valence-corrected chi connectivity index (χ3v) is 9.30. The molecule has 1 aromatic heterocycles. The van der Waals surface area contributed by atoms with Gasteiger partial charge < -0.3 is 15.3 Å². The van der Waals surface area contributed by atoms with Crippen molar-refractivity contribution in [3.8, 4) is 0 Å². The molecular formula is C26H41N3O3S. The Morgan fingerprint density at radius 2 is 1.97 bits per heavy atom. The van der Waals surface area contributed by atoms with Crippen LogP contribution in [-0.4, -0.2) is 46.0 Å². The summed E-state index contributed by atoms with van der Waals surface area (Å²) in [7, 11) is 0. The molecule has 33 heavy (non-hydrogen) atoms. The largest absolute Gasteiger partial charge is 0.392 e. The Kier molecular flexibility index (Phi) is 6.69. The van der Waals surface area contributed by atoms with E-state index in [2.05, 4.69) is 39.9 Å². The fraction of sp³-hybridized carbons (Fsp3) is 0.808. The molecule has 0 radical (unpaired) electrons. The number of hydrogen-bond donors (Lipinski definition) is 2. The molecule has 184 valence electrons. The van der Waals surface area contributed by atoms with Crippen LogP contribution in [0.15, 0.2) is 0 Å². The number of aliphatic hydroxyl groups excluding tert-OH is 1. The highest BCUT2D eigenvalue weighted by Crippen LogP contribution is 2.57. The topological polar surface area (TPSA) is 82.5 Å². The zero-order valence-corrected chi connectivity index (χ0v) is 21.9. The van der Waals surface area contributed by atoms with Crippen molar-refractivity contribution in [2.75, 3.05) is 18.4 Å². The molecule has 3 aliphatic rings. The molecule has 6 nitrogen and oxygen atoms in total. The van der Waals surface area contributed by atoms with Gasteiger partial charge in [-0.1, -0.05) is 41.5 Å².